The van der Waals surface area contributed by atoms with E-state index in [0.29, 0.717) is 12.2 Å². The number of benzene rings is 2. The standard InChI is InChI=1S/C23H21N3O2/c1-16-11-12-18(28-16)13-14-22(27)24-21(15-17-7-3-2-4-8-17)23-25-19-9-5-6-10-20(19)26-23/h2-14,21H,15H2,1H3,(H,24,27)(H,25,26)/b14-13+. The molecule has 1 amide bonds. The SMILES string of the molecule is Cc1ccc(/C=C/C(=O)NC(Cc2ccccc2)c2nc3ccccc3[nH]2)o1. The summed E-state index contributed by atoms with van der Waals surface area (Å²) >= 11 is 0. The van der Waals surface area contributed by atoms with Crippen LogP contribution in [-0.2, 0) is 11.2 Å². The van der Waals surface area contributed by atoms with Crippen molar-refractivity contribution in [1.82, 2.24) is 15.3 Å². The van der Waals surface area contributed by atoms with E-state index in [4.69, 9.17) is 4.42 Å². The molecule has 5 nitrogen and oxygen atoms in total. The number of nitrogens with zero attached hydrogens (tertiary/aromatic N) is 1. The number of aryl methyl sites for hydroxylation is 1. The summed E-state index contributed by atoms with van der Waals surface area (Å²) in [5.74, 6) is 2.00. The minimum atomic E-state index is -0.273. The van der Waals surface area contributed by atoms with E-state index in [1.807, 2.05) is 73.7 Å². The fourth-order valence-electron chi connectivity index (χ4n) is 3.12. The van der Waals surface area contributed by atoms with Crippen LogP contribution in [0.1, 0.15) is 29.0 Å². The van der Waals surface area contributed by atoms with Crippen molar-refractivity contribution in [2.24, 2.45) is 0 Å². The van der Waals surface area contributed by atoms with Crippen LogP contribution in [0.4, 0.5) is 0 Å². The number of aromatic nitrogens is 2. The van der Waals surface area contributed by atoms with Crippen LogP contribution in [0.3, 0.4) is 0 Å². The molecular formula is C23H21N3O2. The third-order valence-electron chi connectivity index (χ3n) is 4.50. The molecule has 1 atom stereocenters. The summed E-state index contributed by atoms with van der Waals surface area (Å²) < 4.78 is 5.47. The molecule has 0 aliphatic rings. The minimum Gasteiger partial charge on any atom is -0.462 e. The number of hydrogen-bond donors (Lipinski definition) is 2. The fourth-order valence-corrected chi connectivity index (χ4v) is 3.12. The van der Waals surface area contributed by atoms with E-state index in [0.717, 1.165) is 28.2 Å². The van der Waals surface area contributed by atoms with Gasteiger partial charge in [-0.3, -0.25) is 4.79 Å². The van der Waals surface area contributed by atoms with Gasteiger partial charge in [0.1, 0.15) is 17.3 Å². The highest BCUT2D eigenvalue weighted by molar-refractivity contribution is 5.91. The van der Waals surface area contributed by atoms with Gasteiger partial charge in [-0.05, 0) is 49.2 Å². The highest BCUT2D eigenvalue weighted by Gasteiger charge is 2.18. The van der Waals surface area contributed by atoms with Gasteiger partial charge < -0.3 is 14.7 Å². The first kappa shape index (κ1) is 17.8. The lowest BCUT2D eigenvalue weighted by Gasteiger charge is -2.16. The van der Waals surface area contributed by atoms with Crippen molar-refractivity contribution >= 4 is 23.0 Å². The number of rotatable bonds is 6. The Bertz CT molecular complexity index is 1080. The van der Waals surface area contributed by atoms with Crippen molar-refractivity contribution in [1.29, 1.82) is 0 Å². The molecule has 0 spiro atoms. The van der Waals surface area contributed by atoms with E-state index >= 15 is 0 Å². The maximum absolute atomic E-state index is 12.5. The summed E-state index contributed by atoms with van der Waals surface area (Å²) in [4.78, 5) is 20.5. The number of aromatic amines is 1. The summed E-state index contributed by atoms with van der Waals surface area (Å²) in [5, 5.41) is 3.06. The lowest BCUT2D eigenvalue weighted by molar-refractivity contribution is -0.117. The molecule has 0 aliphatic carbocycles. The Morgan fingerprint density at radius 2 is 1.89 bits per heavy atom. The molecule has 0 saturated carbocycles. The Morgan fingerprint density at radius 3 is 2.64 bits per heavy atom. The van der Waals surface area contributed by atoms with E-state index in [-0.39, 0.29) is 11.9 Å². The molecule has 2 heterocycles. The Balaban J connectivity index is 1.57. The molecule has 1 unspecified atom stereocenters. The maximum atomic E-state index is 12.5. The van der Waals surface area contributed by atoms with Crippen molar-refractivity contribution in [2.45, 2.75) is 19.4 Å². The smallest absolute Gasteiger partial charge is 0.244 e. The molecule has 2 N–H and O–H groups in total. The van der Waals surface area contributed by atoms with E-state index in [1.165, 1.54) is 6.08 Å². The van der Waals surface area contributed by atoms with Crippen molar-refractivity contribution in [3.05, 3.63) is 95.7 Å². The van der Waals surface area contributed by atoms with Crippen LogP contribution in [0, 0.1) is 6.92 Å². The van der Waals surface area contributed by atoms with Crippen LogP contribution in [0.15, 0.2) is 77.2 Å². The quantitative estimate of drug-likeness (QED) is 0.488. The first-order valence-electron chi connectivity index (χ1n) is 9.21. The zero-order valence-electron chi connectivity index (χ0n) is 15.6. The second-order valence-corrected chi connectivity index (χ2v) is 6.67. The highest BCUT2D eigenvalue weighted by Crippen LogP contribution is 2.20. The molecule has 0 fully saturated rings. The van der Waals surface area contributed by atoms with Crippen LogP contribution < -0.4 is 5.32 Å². The Morgan fingerprint density at radius 1 is 1.11 bits per heavy atom. The molecule has 2 aromatic carbocycles. The lowest BCUT2D eigenvalue weighted by Crippen LogP contribution is -2.29. The molecule has 4 aromatic rings. The molecule has 0 bridgehead atoms. The number of nitrogens with one attached hydrogen (secondary N) is 2. The number of carbonyl (C=O) groups is 1. The van der Waals surface area contributed by atoms with Crippen LogP contribution in [-0.4, -0.2) is 15.9 Å². The molecule has 2 aromatic heterocycles. The molecule has 28 heavy (non-hydrogen) atoms. The Kier molecular flexibility index (Phi) is 5.06. The summed E-state index contributed by atoms with van der Waals surface area (Å²) in [6.45, 7) is 1.87. The number of para-hydroxylation sites is 2. The van der Waals surface area contributed by atoms with E-state index in [9.17, 15) is 4.79 Å². The van der Waals surface area contributed by atoms with Gasteiger partial charge in [-0.25, -0.2) is 4.98 Å². The third-order valence-corrected chi connectivity index (χ3v) is 4.50. The van der Waals surface area contributed by atoms with Crippen LogP contribution in [0.25, 0.3) is 17.1 Å². The first-order valence-corrected chi connectivity index (χ1v) is 9.21. The molecule has 4 rings (SSSR count). The predicted molar refractivity (Wildman–Crippen MR) is 110 cm³/mol. The second kappa shape index (κ2) is 7.96. The first-order chi connectivity index (χ1) is 13.7. The number of fused-ring (bicyclic) bond motifs is 1. The van der Waals surface area contributed by atoms with Gasteiger partial charge in [-0.2, -0.15) is 0 Å². The number of imidazole rings is 1. The van der Waals surface area contributed by atoms with Gasteiger partial charge >= 0.3 is 0 Å². The number of hydrogen-bond acceptors (Lipinski definition) is 3. The average Bonchev–Trinajstić information content (AvgIpc) is 3.32. The molecule has 140 valence electrons. The van der Waals surface area contributed by atoms with Crippen LogP contribution in [0.5, 0.6) is 0 Å². The maximum Gasteiger partial charge on any atom is 0.244 e. The van der Waals surface area contributed by atoms with Gasteiger partial charge in [0.15, 0.2) is 0 Å². The molecule has 0 aliphatic heterocycles. The van der Waals surface area contributed by atoms with Gasteiger partial charge in [0, 0.05) is 6.08 Å². The Hall–Kier alpha value is -3.60. The van der Waals surface area contributed by atoms with Gasteiger partial charge in [0.05, 0.1) is 17.1 Å². The number of carbonyl (C=O) groups excluding carboxylic acids is 1. The monoisotopic (exact) mass is 371 g/mol. The van der Waals surface area contributed by atoms with Crippen molar-refractivity contribution < 1.29 is 9.21 Å². The largest absolute Gasteiger partial charge is 0.462 e. The zero-order valence-corrected chi connectivity index (χ0v) is 15.6. The van der Waals surface area contributed by atoms with Crippen molar-refractivity contribution in [3.63, 3.8) is 0 Å². The summed E-state index contributed by atoms with van der Waals surface area (Å²) in [6, 6.07) is 21.3. The van der Waals surface area contributed by atoms with Gasteiger partial charge in [0.2, 0.25) is 5.91 Å². The highest BCUT2D eigenvalue weighted by atomic mass is 16.3. The number of amides is 1. The number of H-pyrrole nitrogens is 1. The summed E-state index contributed by atoms with van der Waals surface area (Å²) in [6.07, 6.45) is 3.79. The van der Waals surface area contributed by atoms with Crippen molar-refractivity contribution in [3.8, 4) is 0 Å². The molecule has 0 saturated heterocycles. The molecule has 5 heteroatoms. The third kappa shape index (κ3) is 4.20. The summed E-state index contributed by atoms with van der Waals surface area (Å²) in [5.41, 5.74) is 2.96. The van der Waals surface area contributed by atoms with Gasteiger partial charge in [-0.15, -0.1) is 0 Å². The topological polar surface area (TPSA) is 70.9 Å². The minimum absolute atomic E-state index is 0.199. The summed E-state index contributed by atoms with van der Waals surface area (Å²) in [7, 11) is 0. The fraction of sp³-hybridized carbons (Fsp3) is 0.130. The lowest BCUT2D eigenvalue weighted by atomic mass is 10.1. The zero-order chi connectivity index (χ0) is 19.3. The van der Waals surface area contributed by atoms with E-state index in [1.54, 1.807) is 6.08 Å². The predicted octanol–water partition coefficient (Wildman–Crippen LogP) is 4.58. The van der Waals surface area contributed by atoms with Gasteiger partial charge in [-0.1, -0.05) is 42.5 Å². The van der Waals surface area contributed by atoms with Gasteiger partial charge in [0.25, 0.3) is 0 Å². The van der Waals surface area contributed by atoms with E-state index < -0.39 is 0 Å². The average molecular weight is 371 g/mol. The molecule has 0 radical (unpaired) electrons. The van der Waals surface area contributed by atoms with E-state index in [2.05, 4.69) is 15.3 Å². The second-order valence-electron chi connectivity index (χ2n) is 6.67. The molecular weight excluding hydrogens is 350 g/mol. The Labute approximate surface area is 163 Å². The van der Waals surface area contributed by atoms with Crippen LogP contribution >= 0.6 is 0 Å². The van der Waals surface area contributed by atoms with Crippen LogP contribution in [0.2, 0.25) is 0 Å². The number of furan rings is 1. The normalized spacial score (nSPS) is 12.5. The van der Waals surface area contributed by atoms with Crippen molar-refractivity contribution in [2.75, 3.05) is 0 Å².